The highest BCUT2D eigenvalue weighted by Crippen LogP contribution is 2.16. The van der Waals surface area contributed by atoms with Gasteiger partial charge < -0.3 is 10.6 Å². The van der Waals surface area contributed by atoms with Gasteiger partial charge in [-0.05, 0) is 30.3 Å². The molecule has 102 valence electrons. The zero-order valence-corrected chi connectivity index (χ0v) is 11.5. The molecule has 0 aliphatic heterocycles. The monoisotopic (exact) mass is 287 g/mol. The molecular weight excluding hydrogens is 274 g/mol. The van der Waals surface area contributed by atoms with Crippen molar-refractivity contribution >= 4 is 28.9 Å². The van der Waals surface area contributed by atoms with E-state index in [1.807, 2.05) is 0 Å². The van der Waals surface area contributed by atoms with Crippen LogP contribution in [0, 0.1) is 0 Å². The number of pyridine rings is 1. The molecule has 0 radical (unpaired) electrons. The summed E-state index contributed by atoms with van der Waals surface area (Å²) in [5.74, 6) is -0.283. The van der Waals surface area contributed by atoms with Crippen LogP contribution in [0.5, 0.6) is 0 Å². The van der Waals surface area contributed by atoms with Crippen molar-refractivity contribution in [2.75, 3.05) is 17.2 Å². The Balaban J connectivity index is 2.10. The lowest BCUT2D eigenvalue weighted by atomic mass is 10.2. The fraction of sp³-hybridized carbons (Fsp3) is 0.0667. The Morgan fingerprint density at radius 3 is 2.90 bits per heavy atom. The molecule has 2 aromatic rings. The van der Waals surface area contributed by atoms with Crippen LogP contribution < -0.4 is 10.6 Å². The van der Waals surface area contributed by atoms with Crippen molar-refractivity contribution in [2.45, 2.75) is 0 Å². The highest BCUT2D eigenvalue weighted by atomic mass is 35.5. The molecule has 0 spiro atoms. The van der Waals surface area contributed by atoms with Gasteiger partial charge >= 0.3 is 0 Å². The second kappa shape index (κ2) is 6.73. The van der Waals surface area contributed by atoms with E-state index in [2.05, 4.69) is 22.2 Å². The molecule has 0 fully saturated rings. The normalized spacial score (nSPS) is 9.85. The molecule has 2 rings (SSSR count). The van der Waals surface area contributed by atoms with E-state index >= 15 is 0 Å². The average Bonchev–Trinajstić information content (AvgIpc) is 2.45. The molecule has 1 heterocycles. The van der Waals surface area contributed by atoms with Crippen molar-refractivity contribution in [3.63, 3.8) is 0 Å². The lowest BCUT2D eigenvalue weighted by Gasteiger charge is -2.07. The average molecular weight is 288 g/mol. The van der Waals surface area contributed by atoms with Gasteiger partial charge in [-0.3, -0.25) is 9.78 Å². The molecule has 0 unspecified atom stereocenters. The third kappa shape index (κ3) is 3.83. The van der Waals surface area contributed by atoms with E-state index in [1.165, 1.54) is 0 Å². The first-order valence-corrected chi connectivity index (χ1v) is 6.44. The number of nitrogens with one attached hydrogen (secondary N) is 2. The van der Waals surface area contributed by atoms with E-state index in [0.29, 0.717) is 22.9 Å². The number of carbonyl (C=O) groups excluding carboxylic acids is 1. The molecule has 20 heavy (non-hydrogen) atoms. The van der Waals surface area contributed by atoms with Crippen molar-refractivity contribution in [3.8, 4) is 0 Å². The van der Waals surface area contributed by atoms with Crippen LogP contribution in [0.1, 0.15) is 10.5 Å². The van der Waals surface area contributed by atoms with Gasteiger partial charge in [0.05, 0.1) is 0 Å². The summed E-state index contributed by atoms with van der Waals surface area (Å²) in [6, 6.07) is 10.4. The number of carbonyl (C=O) groups is 1. The number of hydrogen-bond acceptors (Lipinski definition) is 3. The number of halogens is 1. The molecule has 0 atom stereocenters. The predicted molar refractivity (Wildman–Crippen MR) is 82.3 cm³/mol. The molecule has 0 bridgehead atoms. The second-order valence-electron chi connectivity index (χ2n) is 4.06. The third-order valence-corrected chi connectivity index (χ3v) is 2.76. The number of benzene rings is 1. The summed E-state index contributed by atoms with van der Waals surface area (Å²) in [6.45, 7) is 4.25. The first kappa shape index (κ1) is 14.1. The zero-order valence-electron chi connectivity index (χ0n) is 10.8. The summed E-state index contributed by atoms with van der Waals surface area (Å²) >= 11 is 5.87. The van der Waals surface area contributed by atoms with Crippen LogP contribution in [0.4, 0.5) is 11.4 Å². The quantitative estimate of drug-likeness (QED) is 0.826. The minimum absolute atomic E-state index is 0.283. The summed E-state index contributed by atoms with van der Waals surface area (Å²) < 4.78 is 0. The maximum Gasteiger partial charge on any atom is 0.274 e. The van der Waals surface area contributed by atoms with Gasteiger partial charge in [-0.1, -0.05) is 23.7 Å². The van der Waals surface area contributed by atoms with Crippen molar-refractivity contribution in [1.82, 2.24) is 4.98 Å². The molecule has 2 N–H and O–H groups in total. The van der Waals surface area contributed by atoms with Crippen LogP contribution in [-0.4, -0.2) is 17.4 Å². The van der Waals surface area contributed by atoms with E-state index in [4.69, 9.17) is 11.6 Å². The summed E-state index contributed by atoms with van der Waals surface area (Å²) in [6.07, 6.45) is 3.32. The van der Waals surface area contributed by atoms with E-state index < -0.39 is 0 Å². The minimum atomic E-state index is -0.283. The van der Waals surface area contributed by atoms with Gasteiger partial charge in [-0.15, -0.1) is 6.58 Å². The number of aromatic nitrogens is 1. The van der Waals surface area contributed by atoms with E-state index in [-0.39, 0.29) is 5.91 Å². The van der Waals surface area contributed by atoms with Gasteiger partial charge in [0.25, 0.3) is 5.91 Å². The molecule has 0 aliphatic rings. The number of anilines is 2. The van der Waals surface area contributed by atoms with Gasteiger partial charge in [0.2, 0.25) is 0 Å². The Kier molecular flexibility index (Phi) is 4.74. The molecule has 4 nitrogen and oxygen atoms in total. The number of amides is 1. The molecule has 1 aromatic carbocycles. The van der Waals surface area contributed by atoms with Crippen LogP contribution in [0.15, 0.2) is 55.3 Å². The molecule has 0 aliphatic carbocycles. The van der Waals surface area contributed by atoms with E-state index in [1.54, 1.807) is 48.7 Å². The van der Waals surface area contributed by atoms with Gasteiger partial charge in [-0.2, -0.15) is 0 Å². The first-order valence-electron chi connectivity index (χ1n) is 6.07. The molecule has 1 amide bonds. The van der Waals surface area contributed by atoms with Crippen molar-refractivity contribution < 1.29 is 4.79 Å². The Morgan fingerprint density at radius 1 is 1.30 bits per heavy atom. The van der Waals surface area contributed by atoms with Crippen molar-refractivity contribution in [2.24, 2.45) is 0 Å². The van der Waals surface area contributed by atoms with Gasteiger partial charge in [-0.25, -0.2) is 0 Å². The SMILES string of the molecule is C=CCNc1ccnc(C(=O)Nc2cccc(Cl)c2)c1. The molecule has 1 aromatic heterocycles. The van der Waals surface area contributed by atoms with Crippen LogP contribution in [0.3, 0.4) is 0 Å². The number of hydrogen-bond donors (Lipinski definition) is 2. The summed E-state index contributed by atoms with van der Waals surface area (Å²) in [5.41, 5.74) is 1.78. The van der Waals surface area contributed by atoms with Gasteiger partial charge in [0.15, 0.2) is 0 Å². The van der Waals surface area contributed by atoms with Gasteiger partial charge in [0, 0.05) is 29.1 Å². The topological polar surface area (TPSA) is 54.0 Å². The van der Waals surface area contributed by atoms with Crippen LogP contribution in [0.2, 0.25) is 5.02 Å². The Hall–Kier alpha value is -2.33. The molecule has 0 saturated carbocycles. The standard InChI is InChI=1S/C15H14ClN3O/c1-2-7-17-12-6-8-18-14(10-12)15(20)19-13-5-3-4-11(16)9-13/h2-6,8-10H,1,7H2,(H,17,18)(H,19,20). The fourth-order valence-corrected chi connectivity index (χ4v) is 1.81. The summed E-state index contributed by atoms with van der Waals surface area (Å²) in [4.78, 5) is 16.1. The minimum Gasteiger partial charge on any atom is -0.381 e. The van der Waals surface area contributed by atoms with Gasteiger partial charge in [0.1, 0.15) is 5.69 Å². The summed E-state index contributed by atoms with van der Waals surface area (Å²) in [5, 5.41) is 6.42. The Labute approximate surface area is 122 Å². The van der Waals surface area contributed by atoms with Crippen LogP contribution in [0.25, 0.3) is 0 Å². The third-order valence-electron chi connectivity index (χ3n) is 2.53. The Morgan fingerprint density at radius 2 is 2.15 bits per heavy atom. The summed E-state index contributed by atoms with van der Waals surface area (Å²) in [7, 11) is 0. The highest BCUT2D eigenvalue weighted by molar-refractivity contribution is 6.30. The second-order valence-corrected chi connectivity index (χ2v) is 4.50. The zero-order chi connectivity index (χ0) is 14.4. The van der Waals surface area contributed by atoms with Crippen LogP contribution in [-0.2, 0) is 0 Å². The smallest absolute Gasteiger partial charge is 0.274 e. The van der Waals surface area contributed by atoms with E-state index in [0.717, 1.165) is 5.69 Å². The lowest BCUT2D eigenvalue weighted by molar-refractivity contribution is 0.102. The maximum absolute atomic E-state index is 12.1. The maximum atomic E-state index is 12.1. The molecule has 0 saturated heterocycles. The molecular formula is C15H14ClN3O. The van der Waals surface area contributed by atoms with Crippen molar-refractivity contribution in [3.05, 3.63) is 66.0 Å². The fourth-order valence-electron chi connectivity index (χ4n) is 1.62. The van der Waals surface area contributed by atoms with E-state index in [9.17, 15) is 4.79 Å². The highest BCUT2D eigenvalue weighted by Gasteiger charge is 2.08. The lowest BCUT2D eigenvalue weighted by Crippen LogP contribution is -2.14. The number of nitrogens with zero attached hydrogens (tertiary/aromatic N) is 1. The number of rotatable bonds is 5. The largest absolute Gasteiger partial charge is 0.381 e. The predicted octanol–water partition coefficient (Wildman–Crippen LogP) is 3.59. The molecule has 5 heteroatoms. The van der Waals surface area contributed by atoms with Crippen LogP contribution >= 0.6 is 11.6 Å². The Bertz CT molecular complexity index is 628. The first-order chi connectivity index (χ1) is 9.69. The van der Waals surface area contributed by atoms with Crippen molar-refractivity contribution in [1.29, 1.82) is 0 Å².